The Balaban J connectivity index is 1.48. The first-order valence-electron chi connectivity index (χ1n) is 9.89. The Morgan fingerprint density at radius 3 is 2.69 bits per heavy atom. The van der Waals surface area contributed by atoms with Crippen LogP contribution in [-0.4, -0.2) is 50.8 Å². The van der Waals surface area contributed by atoms with Crippen molar-refractivity contribution < 1.29 is 9.53 Å². The summed E-state index contributed by atoms with van der Waals surface area (Å²) in [5, 5.41) is 8.33. The molecule has 1 aromatic carbocycles. The highest BCUT2D eigenvalue weighted by Gasteiger charge is 2.28. The number of rotatable bonds is 4. The van der Waals surface area contributed by atoms with Crippen molar-refractivity contribution in [1.82, 2.24) is 24.6 Å². The molecule has 0 atom stereocenters. The van der Waals surface area contributed by atoms with Gasteiger partial charge in [-0.15, -0.1) is 0 Å². The summed E-state index contributed by atoms with van der Waals surface area (Å²) in [6, 6.07) is 9.63. The van der Waals surface area contributed by atoms with Gasteiger partial charge in [0, 0.05) is 30.4 Å². The first-order valence-corrected chi connectivity index (χ1v) is 10.3. The molecular weight excluding hydrogens is 386 g/mol. The molecule has 1 amide bonds. The maximum atomic E-state index is 13.0. The number of methoxy groups -OCH3 is 1. The Labute approximate surface area is 174 Å². The summed E-state index contributed by atoms with van der Waals surface area (Å²) in [5.41, 5.74) is 1.27. The number of likely N-dealkylation sites (tertiary alicyclic amines) is 1. The molecule has 29 heavy (non-hydrogen) atoms. The lowest BCUT2D eigenvalue weighted by Gasteiger charge is -2.31. The second-order valence-corrected chi connectivity index (χ2v) is 8.06. The number of pyridine rings is 1. The number of benzene rings is 1. The maximum absolute atomic E-state index is 13.0. The van der Waals surface area contributed by atoms with Gasteiger partial charge in [-0.05, 0) is 63.2 Å². The lowest BCUT2D eigenvalue weighted by atomic mass is 9.95. The third-order valence-electron chi connectivity index (χ3n) is 5.51. The minimum Gasteiger partial charge on any atom is -0.497 e. The largest absolute Gasteiger partial charge is 0.497 e. The molecule has 1 N–H and O–H groups in total. The van der Waals surface area contributed by atoms with Gasteiger partial charge in [-0.1, -0.05) is 6.07 Å². The van der Waals surface area contributed by atoms with Gasteiger partial charge < -0.3 is 14.2 Å². The number of fused-ring (bicyclic) bond motifs is 1. The molecule has 1 saturated heterocycles. The normalized spacial score (nSPS) is 15.2. The number of hydrogen-bond donors (Lipinski definition) is 1. The minimum absolute atomic E-state index is 0.0242. The van der Waals surface area contributed by atoms with Crippen LogP contribution in [0, 0.1) is 4.77 Å². The van der Waals surface area contributed by atoms with Gasteiger partial charge in [-0.25, -0.2) is 4.98 Å². The SMILES string of the molecule is COc1ccc2nc(C(=O)N3CCC(c4n[nH]c(=S)n4C(C)C)CC3)ccc2c1. The van der Waals surface area contributed by atoms with E-state index in [-0.39, 0.29) is 11.9 Å². The number of carbonyl (C=O) groups excluding carboxylic acids is 1. The van der Waals surface area contributed by atoms with E-state index >= 15 is 0 Å². The zero-order valence-electron chi connectivity index (χ0n) is 16.9. The molecule has 0 aliphatic carbocycles. The van der Waals surface area contributed by atoms with Gasteiger partial charge in [0.15, 0.2) is 4.77 Å². The van der Waals surface area contributed by atoms with E-state index in [0.29, 0.717) is 29.5 Å². The van der Waals surface area contributed by atoms with Crippen LogP contribution in [0.5, 0.6) is 5.75 Å². The Bertz CT molecular complexity index is 1100. The van der Waals surface area contributed by atoms with Crippen LogP contribution in [0.25, 0.3) is 10.9 Å². The first kappa shape index (κ1) is 19.6. The fourth-order valence-corrected chi connectivity index (χ4v) is 4.31. The van der Waals surface area contributed by atoms with E-state index in [2.05, 4.69) is 33.6 Å². The Hall–Kier alpha value is -2.74. The molecule has 4 rings (SSSR count). The monoisotopic (exact) mass is 411 g/mol. The van der Waals surface area contributed by atoms with E-state index in [1.165, 1.54) is 0 Å². The van der Waals surface area contributed by atoms with E-state index < -0.39 is 0 Å². The number of nitrogens with one attached hydrogen (secondary N) is 1. The molecule has 3 heterocycles. The van der Waals surface area contributed by atoms with Crippen LogP contribution >= 0.6 is 12.2 Å². The second kappa shape index (κ2) is 7.94. The zero-order chi connectivity index (χ0) is 20.5. The highest BCUT2D eigenvalue weighted by Crippen LogP contribution is 2.29. The van der Waals surface area contributed by atoms with Crippen LogP contribution in [0.15, 0.2) is 30.3 Å². The van der Waals surface area contributed by atoms with Crippen LogP contribution in [0.1, 0.15) is 55.0 Å². The summed E-state index contributed by atoms with van der Waals surface area (Å²) in [7, 11) is 1.64. The number of H-pyrrole nitrogens is 1. The van der Waals surface area contributed by atoms with Crippen molar-refractivity contribution in [3.05, 3.63) is 46.6 Å². The molecule has 0 bridgehead atoms. The van der Waals surface area contributed by atoms with E-state index in [1.54, 1.807) is 13.2 Å². The zero-order valence-corrected chi connectivity index (χ0v) is 17.7. The topological polar surface area (TPSA) is 76.0 Å². The average Bonchev–Trinajstić information content (AvgIpc) is 3.14. The number of aromatic nitrogens is 4. The lowest BCUT2D eigenvalue weighted by Crippen LogP contribution is -2.38. The number of ether oxygens (including phenoxy) is 1. The van der Waals surface area contributed by atoms with Crippen LogP contribution in [0.2, 0.25) is 0 Å². The highest BCUT2D eigenvalue weighted by atomic mass is 32.1. The smallest absolute Gasteiger partial charge is 0.272 e. The van der Waals surface area contributed by atoms with Crippen molar-refractivity contribution in [1.29, 1.82) is 0 Å². The molecule has 2 aromatic heterocycles. The lowest BCUT2D eigenvalue weighted by molar-refractivity contribution is 0.0704. The number of piperidine rings is 1. The Morgan fingerprint density at radius 2 is 2.00 bits per heavy atom. The standard InChI is InChI=1S/C21H25N5O2S/c1-13(2)26-19(23-24-21(26)29)14-8-10-25(11-9-14)20(27)18-6-4-15-12-16(28-3)5-7-17(15)22-18/h4-7,12-14H,8-11H2,1-3H3,(H,24,29). The van der Waals surface area contributed by atoms with Crippen molar-refractivity contribution >= 4 is 29.0 Å². The Kier molecular flexibility index (Phi) is 5.36. The van der Waals surface area contributed by atoms with E-state index in [1.807, 2.05) is 29.2 Å². The van der Waals surface area contributed by atoms with Gasteiger partial charge >= 0.3 is 0 Å². The highest BCUT2D eigenvalue weighted by molar-refractivity contribution is 7.71. The van der Waals surface area contributed by atoms with Crippen LogP contribution in [-0.2, 0) is 0 Å². The maximum Gasteiger partial charge on any atom is 0.272 e. The van der Waals surface area contributed by atoms with Crippen molar-refractivity contribution in [2.24, 2.45) is 0 Å². The molecule has 0 unspecified atom stereocenters. The summed E-state index contributed by atoms with van der Waals surface area (Å²) in [4.78, 5) is 19.4. The summed E-state index contributed by atoms with van der Waals surface area (Å²) in [6.45, 7) is 5.58. The van der Waals surface area contributed by atoms with Crippen LogP contribution in [0.4, 0.5) is 0 Å². The van der Waals surface area contributed by atoms with Gasteiger partial charge in [0.05, 0.1) is 12.6 Å². The molecule has 8 heteroatoms. The van der Waals surface area contributed by atoms with Gasteiger partial charge in [0.2, 0.25) is 0 Å². The number of amides is 1. The van der Waals surface area contributed by atoms with Crippen molar-refractivity contribution in [3.8, 4) is 5.75 Å². The summed E-state index contributed by atoms with van der Waals surface area (Å²) in [6.07, 6.45) is 1.73. The molecule has 1 aliphatic rings. The fourth-order valence-electron chi connectivity index (χ4n) is 3.96. The quantitative estimate of drug-likeness (QED) is 0.654. The van der Waals surface area contributed by atoms with Gasteiger partial charge in [0.25, 0.3) is 5.91 Å². The summed E-state index contributed by atoms with van der Waals surface area (Å²) >= 11 is 5.37. The van der Waals surface area contributed by atoms with Crippen molar-refractivity contribution in [2.75, 3.05) is 20.2 Å². The van der Waals surface area contributed by atoms with E-state index in [9.17, 15) is 4.79 Å². The summed E-state index contributed by atoms with van der Waals surface area (Å²) < 4.78 is 7.99. The molecular formula is C21H25N5O2S. The number of aromatic amines is 1. The van der Waals surface area contributed by atoms with Crippen molar-refractivity contribution in [2.45, 2.75) is 38.6 Å². The van der Waals surface area contributed by atoms with Gasteiger partial charge in [-0.3, -0.25) is 9.89 Å². The molecule has 1 fully saturated rings. The number of carbonyl (C=O) groups is 1. The minimum atomic E-state index is -0.0242. The van der Waals surface area contributed by atoms with E-state index in [0.717, 1.165) is 35.3 Å². The fraction of sp³-hybridized carbons (Fsp3) is 0.429. The van der Waals surface area contributed by atoms with Crippen LogP contribution in [0.3, 0.4) is 0 Å². The van der Waals surface area contributed by atoms with E-state index in [4.69, 9.17) is 17.0 Å². The average molecular weight is 412 g/mol. The number of nitrogens with zero attached hydrogens (tertiary/aromatic N) is 4. The second-order valence-electron chi connectivity index (χ2n) is 7.67. The van der Waals surface area contributed by atoms with Gasteiger partial charge in [-0.2, -0.15) is 5.10 Å². The van der Waals surface area contributed by atoms with Crippen molar-refractivity contribution in [3.63, 3.8) is 0 Å². The molecule has 7 nitrogen and oxygen atoms in total. The van der Waals surface area contributed by atoms with Crippen LogP contribution < -0.4 is 4.74 Å². The van der Waals surface area contributed by atoms with Gasteiger partial charge in [0.1, 0.15) is 17.3 Å². The predicted molar refractivity (Wildman–Crippen MR) is 114 cm³/mol. The number of hydrogen-bond acceptors (Lipinski definition) is 5. The third-order valence-corrected chi connectivity index (χ3v) is 5.80. The molecule has 1 aliphatic heterocycles. The third kappa shape index (κ3) is 3.76. The molecule has 3 aromatic rings. The molecule has 0 spiro atoms. The Morgan fingerprint density at radius 1 is 1.24 bits per heavy atom. The first-order chi connectivity index (χ1) is 14.0. The molecule has 0 radical (unpaired) electrons. The summed E-state index contributed by atoms with van der Waals surface area (Å²) in [5.74, 6) is 2.05. The predicted octanol–water partition coefficient (Wildman–Crippen LogP) is 4.10. The molecule has 152 valence electrons. The molecule has 0 saturated carbocycles.